The first kappa shape index (κ1) is 12.8. The summed E-state index contributed by atoms with van der Waals surface area (Å²) >= 11 is 4.93. The lowest BCUT2D eigenvalue weighted by molar-refractivity contribution is -0.137. The number of nitrogens with one attached hydrogen (secondary N) is 1. The van der Waals surface area contributed by atoms with Crippen molar-refractivity contribution in [3.63, 3.8) is 0 Å². The van der Waals surface area contributed by atoms with Gasteiger partial charge in [-0.2, -0.15) is 13.2 Å². The summed E-state index contributed by atoms with van der Waals surface area (Å²) in [4.78, 5) is 6.86. The molecular formula is C12H9F3N2S. The summed E-state index contributed by atoms with van der Waals surface area (Å²) < 4.78 is 38.1. The van der Waals surface area contributed by atoms with E-state index in [1.165, 1.54) is 12.3 Å². The van der Waals surface area contributed by atoms with Crippen LogP contribution in [0.5, 0.6) is 0 Å². The molecule has 1 aromatic heterocycles. The first-order chi connectivity index (χ1) is 8.45. The summed E-state index contributed by atoms with van der Waals surface area (Å²) in [7, 11) is 0. The summed E-state index contributed by atoms with van der Waals surface area (Å²) in [5.74, 6) is 0.543. The number of hydrogen-bond acceptors (Lipinski definition) is 2. The Bertz CT molecular complexity index is 605. The predicted molar refractivity (Wildman–Crippen MR) is 63.7 cm³/mol. The molecule has 0 saturated heterocycles. The quantitative estimate of drug-likeness (QED) is 0.842. The van der Waals surface area contributed by atoms with E-state index >= 15 is 0 Å². The highest BCUT2D eigenvalue weighted by atomic mass is 32.1. The highest BCUT2D eigenvalue weighted by Gasteiger charge is 2.30. The zero-order valence-corrected chi connectivity index (χ0v) is 9.98. The third-order valence-electron chi connectivity index (χ3n) is 2.35. The van der Waals surface area contributed by atoms with Crippen LogP contribution in [-0.2, 0) is 12.6 Å². The topological polar surface area (TPSA) is 28.7 Å². The average Bonchev–Trinajstić information content (AvgIpc) is 2.28. The number of aromatic amines is 1. The van der Waals surface area contributed by atoms with Gasteiger partial charge in [0, 0.05) is 12.6 Å². The van der Waals surface area contributed by atoms with Gasteiger partial charge in [0.25, 0.3) is 0 Å². The molecule has 0 spiro atoms. The Kier molecular flexibility index (Phi) is 3.47. The van der Waals surface area contributed by atoms with Crippen molar-refractivity contribution in [2.45, 2.75) is 12.6 Å². The minimum Gasteiger partial charge on any atom is -0.335 e. The fraction of sp³-hybridized carbons (Fsp3) is 0.167. The van der Waals surface area contributed by atoms with Gasteiger partial charge in [0.05, 0.1) is 5.56 Å². The predicted octanol–water partition coefficient (Wildman–Crippen LogP) is 3.75. The van der Waals surface area contributed by atoms with E-state index in [0.29, 0.717) is 16.0 Å². The van der Waals surface area contributed by atoms with Crippen molar-refractivity contribution in [1.82, 2.24) is 9.97 Å². The summed E-state index contributed by atoms with van der Waals surface area (Å²) in [6, 6.07) is 6.79. The van der Waals surface area contributed by atoms with Crippen molar-refractivity contribution >= 4 is 12.2 Å². The molecule has 0 saturated carbocycles. The lowest BCUT2D eigenvalue weighted by Gasteiger charge is -2.08. The molecule has 0 amide bonds. The van der Waals surface area contributed by atoms with Crippen LogP contribution in [0, 0.1) is 4.64 Å². The van der Waals surface area contributed by atoms with Crippen molar-refractivity contribution in [2.24, 2.45) is 0 Å². The SMILES string of the molecule is FC(F)(F)c1cccc(Cc2nccc(=S)[nH]2)c1. The van der Waals surface area contributed by atoms with Gasteiger partial charge in [-0.3, -0.25) is 0 Å². The second-order valence-corrected chi connectivity index (χ2v) is 4.20. The molecule has 0 fully saturated rings. The molecule has 1 N–H and O–H groups in total. The molecule has 0 bridgehead atoms. The molecule has 0 aliphatic rings. The molecule has 18 heavy (non-hydrogen) atoms. The number of nitrogens with zero attached hydrogens (tertiary/aromatic N) is 1. The maximum absolute atomic E-state index is 12.5. The van der Waals surface area contributed by atoms with Gasteiger partial charge in [-0.15, -0.1) is 0 Å². The maximum atomic E-state index is 12.5. The van der Waals surface area contributed by atoms with Crippen molar-refractivity contribution in [2.75, 3.05) is 0 Å². The molecule has 94 valence electrons. The number of aromatic nitrogens is 2. The summed E-state index contributed by atoms with van der Waals surface area (Å²) in [5.41, 5.74) is -0.122. The van der Waals surface area contributed by atoms with Crippen LogP contribution in [0.4, 0.5) is 13.2 Å². The van der Waals surface area contributed by atoms with Gasteiger partial charge in [0.1, 0.15) is 10.5 Å². The van der Waals surface area contributed by atoms with Gasteiger partial charge in [-0.05, 0) is 17.7 Å². The van der Waals surface area contributed by atoms with E-state index < -0.39 is 11.7 Å². The Balaban J connectivity index is 2.27. The van der Waals surface area contributed by atoms with E-state index in [4.69, 9.17) is 12.2 Å². The Morgan fingerprint density at radius 2 is 2.00 bits per heavy atom. The monoisotopic (exact) mass is 270 g/mol. The lowest BCUT2D eigenvalue weighted by atomic mass is 10.1. The minimum absolute atomic E-state index is 0.286. The van der Waals surface area contributed by atoms with Gasteiger partial charge in [0.2, 0.25) is 0 Å². The molecule has 0 aliphatic heterocycles. The van der Waals surface area contributed by atoms with Crippen LogP contribution < -0.4 is 0 Å². The second-order valence-electron chi connectivity index (χ2n) is 3.76. The number of hydrogen-bond donors (Lipinski definition) is 1. The standard InChI is InChI=1S/C12H9F3N2S/c13-12(14,15)9-3-1-2-8(6-9)7-10-16-5-4-11(18)17-10/h1-6H,7H2,(H,16,17,18). The van der Waals surface area contributed by atoms with Crippen LogP contribution in [0.3, 0.4) is 0 Å². The van der Waals surface area contributed by atoms with Crippen LogP contribution >= 0.6 is 12.2 Å². The first-order valence-corrected chi connectivity index (χ1v) is 5.56. The molecule has 0 unspecified atom stereocenters. The van der Waals surface area contributed by atoms with Crippen LogP contribution in [0.25, 0.3) is 0 Å². The normalized spacial score (nSPS) is 11.5. The molecule has 0 radical (unpaired) electrons. The van der Waals surface area contributed by atoms with E-state index in [2.05, 4.69) is 9.97 Å². The number of alkyl halides is 3. The number of benzene rings is 1. The lowest BCUT2D eigenvalue weighted by Crippen LogP contribution is -2.05. The third-order valence-corrected chi connectivity index (χ3v) is 2.59. The highest BCUT2D eigenvalue weighted by Crippen LogP contribution is 2.29. The molecular weight excluding hydrogens is 261 g/mol. The summed E-state index contributed by atoms with van der Waals surface area (Å²) in [6.45, 7) is 0. The Labute approximate surface area is 107 Å². The number of H-pyrrole nitrogens is 1. The minimum atomic E-state index is -4.33. The molecule has 1 heterocycles. The fourth-order valence-electron chi connectivity index (χ4n) is 1.55. The van der Waals surface area contributed by atoms with Gasteiger partial charge in [-0.1, -0.05) is 30.4 Å². The highest BCUT2D eigenvalue weighted by molar-refractivity contribution is 7.71. The first-order valence-electron chi connectivity index (χ1n) is 5.15. The number of halogens is 3. The van der Waals surface area contributed by atoms with E-state index in [0.717, 1.165) is 12.1 Å². The average molecular weight is 270 g/mol. The maximum Gasteiger partial charge on any atom is 0.416 e. The molecule has 0 aliphatic carbocycles. The molecule has 2 rings (SSSR count). The van der Waals surface area contributed by atoms with Crippen LogP contribution in [0.1, 0.15) is 17.0 Å². The van der Waals surface area contributed by atoms with E-state index in [9.17, 15) is 13.2 Å². The Morgan fingerprint density at radius 1 is 1.22 bits per heavy atom. The zero-order chi connectivity index (χ0) is 13.2. The van der Waals surface area contributed by atoms with Gasteiger partial charge in [0.15, 0.2) is 0 Å². The Hall–Kier alpha value is -1.69. The molecule has 6 heteroatoms. The van der Waals surface area contributed by atoms with E-state index in [1.54, 1.807) is 12.1 Å². The van der Waals surface area contributed by atoms with E-state index in [1.807, 2.05) is 0 Å². The van der Waals surface area contributed by atoms with Gasteiger partial charge in [-0.25, -0.2) is 4.98 Å². The number of rotatable bonds is 2. The van der Waals surface area contributed by atoms with Crippen LogP contribution in [-0.4, -0.2) is 9.97 Å². The zero-order valence-electron chi connectivity index (χ0n) is 9.16. The van der Waals surface area contributed by atoms with Crippen molar-refractivity contribution in [1.29, 1.82) is 0 Å². The van der Waals surface area contributed by atoms with Crippen LogP contribution in [0.15, 0.2) is 36.5 Å². The van der Waals surface area contributed by atoms with Crippen molar-refractivity contribution in [3.05, 3.63) is 58.1 Å². The third kappa shape index (κ3) is 3.16. The fourth-order valence-corrected chi connectivity index (χ4v) is 1.73. The summed E-state index contributed by atoms with van der Waals surface area (Å²) in [6.07, 6.45) is -2.51. The second kappa shape index (κ2) is 4.89. The molecule has 2 nitrogen and oxygen atoms in total. The largest absolute Gasteiger partial charge is 0.416 e. The van der Waals surface area contributed by atoms with Crippen molar-refractivity contribution in [3.8, 4) is 0 Å². The Morgan fingerprint density at radius 3 is 2.67 bits per heavy atom. The van der Waals surface area contributed by atoms with Crippen LogP contribution in [0.2, 0.25) is 0 Å². The molecule has 2 aromatic rings. The van der Waals surface area contributed by atoms with Gasteiger partial charge >= 0.3 is 6.18 Å². The molecule has 1 aromatic carbocycles. The van der Waals surface area contributed by atoms with E-state index in [-0.39, 0.29) is 6.42 Å². The molecule has 0 atom stereocenters. The van der Waals surface area contributed by atoms with Crippen molar-refractivity contribution < 1.29 is 13.2 Å². The smallest absolute Gasteiger partial charge is 0.335 e. The van der Waals surface area contributed by atoms with Gasteiger partial charge < -0.3 is 4.98 Å². The summed E-state index contributed by atoms with van der Waals surface area (Å²) in [5, 5.41) is 0.